The largest absolute Gasteiger partial charge is 0.489 e. The van der Waals surface area contributed by atoms with Gasteiger partial charge in [0.2, 0.25) is 0 Å². The second-order valence-electron chi connectivity index (χ2n) is 3.42. The van der Waals surface area contributed by atoms with E-state index in [0.29, 0.717) is 13.0 Å². The minimum Gasteiger partial charge on any atom is -0.489 e. The summed E-state index contributed by atoms with van der Waals surface area (Å²) < 4.78 is 5.51. The lowest BCUT2D eigenvalue weighted by atomic mass is 10.2. The molecule has 1 aromatic heterocycles. The zero-order valence-corrected chi connectivity index (χ0v) is 9.16. The number of ether oxygens (including phenoxy) is 1. The van der Waals surface area contributed by atoms with Crippen molar-refractivity contribution >= 4 is 0 Å². The highest BCUT2D eigenvalue weighted by Crippen LogP contribution is 2.11. The normalized spacial score (nSPS) is 9.60. The van der Waals surface area contributed by atoms with Gasteiger partial charge < -0.3 is 10.5 Å². The summed E-state index contributed by atoms with van der Waals surface area (Å²) in [5, 5.41) is 0. The molecule has 1 rings (SSSR count). The predicted octanol–water partition coefficient (Wildman–Crippen LogP) is 1.57. The first-order valence-electron chi connectivity index (χ1n) is 5.03. The van der Waals surface area contributed by atoms with Crippen molar-refractivity contribution in [3.8, 4) is 17.6 Å². The molecule has 0 atom stereocenters. The quantitative estimate of drug-likeness (QED) is 0.760. The number of rotatable bonds is 3. The van der Waals surface area contributed by atoms with E-state index in [1.807, 2.05) is 19.9 Å². The Labute approximate surface area is 90.7 Å². The molecule has 0 radical (unpaired) electrons. The van der Waals surface area contributed by atoms with Crippen LogP contribution in [-0.2, 0) is 0 Å². The van der Waals surface area contributed by atoms with Gasteiger partial charge in [-0.15, -0.1) is 0 Å². The first kappa shape index (κ1) is 11.5. The Morgan fingerprint density at radius 2 is 2.27 bits per heavy atom. The summed E-state index contributed by atoms with van der Waals surface area (Å²) in [5.74, 6) is 6.70. The highest BCUT2D eigenvalue weighted by Gasteiger charge is 1.98. The first-order chi connectivity index (χ1) is 7.22. The van der Waals surface area contributed by atoms with E-state index in [4.69, 9.17) is 10.5 Å². The topological polar surface area (TPSA) is 48.1 Å². The van der Waals surface area contributed by atoms with Crippen molar-refractivity contribution in [2.24, 2.45) is 5.73 Å². The van der Waals surface area contributed by atoms with Gasteiger partial charge in [-0.2, -0.15) is 0 Å². The summed E-state index contributed by atoms with van der Waals surface area (Å²) >= 11 is 0. The van der Waals surface area contributed by atoms with Crippen LogP contribution < -0.4 is 10.5 Å². The maximum absolute atomic E-state index is 5.51. The highest BCUT2D eigenvalue weighted by molar-refractivity contribution is 5.36. The molecule has 0 saturated heterocycles. The molecule has 15 heavy (non-hydrogen) atoms. The van der Waals surface area contributed by atoms with Gasteiger partial charge >= 0.3 is 0 Å². The lowest BCUT2D eigenvalue weighted by Gasteiger charge is -2.08. The minimum absolute atomic E-state index is 0.152. The van der Waals surface area contributed by atoms with E-state index in [9.17, 15) is 0 Å². The van der Waals surface area contributed by atoms with Crippen LogP contribution in [0.1, 0.15) is 25.8 Å². The fourth-order valence-electron chi connectivity index (χ4n) is 1.06. The molecule has 1 aromatic rings. The molecule has 3 heteroatoms. The predicted molar refractivity (Wildman–Crippen MR) is 60.6 cm³/mol. The van der Waals surface area contributed by atoms with Gasteiger partial charge in [-0.05, 0) is 19.9 Å². The molecule has 2 N–H and O–H groups in total. The molecule has 0 unspecified atom stereocenters. The van der Waals surface area contributed by atoms with Crippen LogP contribution >= 0.6 is 0 Å². The average Bonchev–Trinajstić information content (AvgIpc) is 2.18. The summed E-state index contributed by atoms with van der Waals surface area (Å²) in [6.45, 7) is 4.54. The molecule has 0 aliphatic rings. The van der Waals surface area contributed by atoms with Gasteiger partial charge in [-0.1, -0.05) is 11.8 Å². The van der Waals surface area contributed by atoms with Crippen LogP contribution in [0.3, 0.4) is 0 Å². The number of pyridine rings is 1. The van der Waals surface area contributed by atoms with Crippen LogP contribution in [0.4, 0.5) is 0 Å². The van der Waals surface area contributed by atoms with E-state index in [0.717, 1.165) is 11.3 Å². The van der Waals surface area contributed by atoms with Crippen molar-refractivity contribution in [2.45, 2.75) is 26.4 Å². The van der Waals surface area contributed by atoms with E-state index in [1.54, 1.807) is 12.4 Å². The van der Waals surface area contributed by atoms with Gasteiger partial charge in [0.1, 0.15) is 5.75 Å². The molecule has 0 bridgehead atoms. The summed E-state index contributed by atoms with van der Waals surface area (Å²) in [6.07, 6.45) is 4.26. The third-order valence-electron chi connectivity index (χ3n) is 1.59. The van der Waals surface area contributed by atoms with E-state index < -0.39 is 0 Å². The Bertz CT molecular complexity index is 363. The molecule has 0 fully saturated rings. The molecule has 0 aliphatic carbocycles. The van der Waals surface area contributed by atoms with Crippen molar-refractivity contribution in [3.05, 3.63) is 24.0 Å². The van der Waals surface area contributed by atoms with E-state index in [2.05, 4.69) is 16.8 Å². The summed E-state index contributed by atoms with van der Waals surface area (Å²) in [5.41, 5.74) is 6.21. The van der Waals surface area contributed by atoms with Crippen molar-refractivity contribution in [2.75, 3.05) is 6.54 Å². The van der Waals surface area contributed by atoms with Crippen molar-refractivity contribution < 1.29 is 4.74 Å². The monoisotopic (exact) mass is 204 g/mol. The van der Waals surface area contributed by atoms with Crippen LogP contribution in [0.25, 0.3) is 0 Å². The molecule has 0 spiro atoms. The van der Waals surface area contributed by atoms with Crippen LogP contribution in [0.2, 0.25) is 0 Å². The van der Waals surface area contributed by atoms with Crippen LogP contribution in [0.15, 0.2) is 18.5 Å². The lowest BCUT2D eigenvalue weighted by molar-refractivity contribution is 0.241. The summed E-state index contributed by atoms with van der Waals surface area (Å²) in [7, 11) is 0. The summed E-state index contributed by atoms with van der Waals surface area (Å²) in [4.78, 5) is 4.06. The molecule has 0 aromatic carbocycles. The summed E-state index contributed by atoms with van der Waals surface area (Å²) in [6, 6.07) is 1.89. The Morgan fingerprint density at radius 3 is 2.93 bits per heavy atom. The number of hydrogen-bond donors (Lipinski definition) is 1. The van der Waals surface area contributed by atoms with E-state index in [1.165, 1.54) is 0 Å². The number of hydrogen-bond acceptors (Lipinski definition) is 3. The fourth-order valence-corrected chi connectivity index (χ4v) is 1.06. The van der Waals surface area contributed by atoms with Crippen molar-refractivity contribution in [1.82, 2.24) is 4.98 Å². The number of nitrogens with zero attached hydrogens (tertiary/aromatic N) is 1. The van der Waals surface area contributed by atoms with Gasteiger partial charge in [0.05, 0.1) is 12.3 Å². The van der Waals surface area contributed by atoms with Gasteiger partial charge in [0.15, 0.2) is 0 Å². The SMILES string of the molecule is CC(C)Oc1cncc(C#CCCN)c1. The number of aromatic nitrogens is 1. The molecular weight excluding hydrogens is 188 g/mol. The maximum Gasteiger partial charge on any atom is 0.139 e. The van der Waals surface area contributed by atoms with E-state index in [-0.39, 0.29) is 6.10 Å². The van der Waals surface area contributed by atoms with Crippen LogP contribution in [0, 0.1) is 11.8 Å². The van der Waals surface area contributed by atoms with E-state index >= 15 is 0 Å². The van der Waals surface area contributed by atoms with Crippen LogP contribution in [-0.4, -0.2) is 17.6 Å². The Balaban J connectivity index is 2.71. The second-order valence-corrected chi connectivity index (χ2v) is 3.42. The van der Waals surface area contributed by atoms with Gasteiger partial charge in [-0.3, -0.25) is 4.98 Å². The smallest absolute Gasteiger partial charge is 0.139 e. The second kappa shape index (κ2) is 6.05. The van der Waals surface area contributed by atoms with Gasteiger partial charge in [0.25, 0.3) is 0 Å². The molecule has 3 nitrogen and oxygen atoms in total. The Hall–Kier alpha value is -1.53. The van der Waals surface area contributed by atoms with Gasteiger partial charge in [0, 0.05) is 24.7 Å². The van der Waals surface area contributed by atoms with Gasteiger partial charge in [-0.25, -0.2) is 0 Å². The molecule has 0 aliphatic heterocycles. The molecular formula is C12H16N2O. The Morgan fingerprint density at radius 1 is 1.47 bits per heavy atom. The molecule has 0 amide bonds. The fraction of sp³-hybridized carbons (Fsp3) is 0.417. The standard InChI is InChI=1S/C12H16N2O/c1-10(2)15-12-7-11(8-14-9-12)5-3-4-6-13/h7-10H,4,6,13H2,1-2H3. The molecule has 80 valence electrons. The first-order valence-corrected chi connectivity index (χ1v) is 5.03. The minimum atomic E-state index is 0.152. The zero-order valence-electron chi connectivity index (χ0n) is 9.16. The maximum atomic E-state index is 5.51. The zero-order chi connectivity index (χ0) is 11.1. The Kier molecular flexibility index (Phi) is 4.65. The van der Waals surface area contributed by atoms with Crippen LogP contribution in [0.5, 0.6) is 5.75 Å². The van der Waals surface area contributed by atoms with Crippen molar-refractivity contribution in [1.29, 1.82) is 0 Å². The third kappa shape index (κ3) is 4.48. The highest BCUT2D eigenvalue weighted by atomic mass is 16.5. The lowest BCUT2D eigenvalue weighted by Crippen LogP contribution is -2.05. The average molecular weight is 204 g/mol. The molecule has 0 saturated carbocycles. The van der Waals surface area contributed by atoms with Crippen molar-refractivity contribution in [3.63, 3.8) is 0 Å². The third-order valence-corrected chi connectivity index (χ3v) is 1.59. The number of nitrogens with two attached hydrogens (primary N) is 1. The molecule has 1 heterocycles.